The van der Waals surface area contributed by atoms with Gasteiger partial charge in [0.1, 0.15) is 0 Å². The van der Waals surface area contributed by atoms with Crippen LogP contribution in [0.3, 0.4) is 0 Å². The lowest BCUT2D eigenvalue weighted by atomic mass is 9.56. The highest BCUT2D eigenvalue weighted by molar-refractivity contribution is 9.09. The van der Waals surface area contributed by atoms with Gasteiger partial charge in [-0.2, -0.15) is 0 Å². The van der Waals surface area contributed by atoms with Crippen LogP contribution >= 0.6 is 39.1 Å². The van der Waals surface area contributed by atoms with Gasteiger partial charge in [-0.05, 0) is 42.5 Å². The summed E-state index contributed by atoms with van der Waals surface area (Å²) in [7, 11) is 1.38. The molecule has 14 heteroatoms. The SMILES string of the molecule is COc1ccc(C2C3=CCC4C(=O)N(c5cccc([N+](=O)[O-])c5)C(=O)C4C3CC3(Cl)C(=O)N(CBr)C(=O)C23Cl)cc1O. The number of benzene rings is 2. The van der Waals surface area contributed by atoms with Gasteiger partial charge < -0.3 is 9.84 Å². The fourth-order valence-corrected chi connectivity index (χ4v) is 8.44. The molecular formula is C28H22BrCl2N3O8. The van der Waals surface area contributed by atoms with E-state index >= 15 is 0 Å². The Labute approximate surface area is 257 Å². The Bertz CT molecular complexity index is 1630. The highest BCUT2D eigenvalue weighted by Crippen LogP contribution is 2.65. The van der Waals surface area contributed by atoms with Crippen molar-refractivity contribution in [2.24, 2.45) is 17.8 Å². The first-order valence-corrected chi connectivity index (χ1v) is 14.8. The molecule has 11 nitrogen and oxygen atoms in total. The Hall–Kier alpha value is -3.48. The molecule has 6 atom stereocenters. The van der Waals surface area contributed by atoms with Crippen molar-refractivity contribution in [3.05, 3.63) is 69.8 Å². The number of nitro groups is 1. The second-order valence-electron chi connectivity index (χ2n) is 10.7. The molecule has 6 rings (SSSR count). The smallest absolute Gasteiger partial charge is 0.271 e. The van der Waals surface area contributed by atoms with Gasteiger partial charge in [-0.3, -0.25) is 34.2 Å². The number of fused-ring (bicyclic) bond motifs is 4. The summed E-state index contributed by atoms with van der Waals surface area (Å²) in [5.41, 5.74) is 0.532. The van der Waals surface area contributed by atoms with Crippen molar-refractivity contribution in [1.29, 1.82) is 0 Å². The zero-order chi connectivity index (χ0) is 30.3. The zero-order valence-electron chi connectivity index (χ0n) is 21.8. The van der Waals surface area contributed by atoms with E-state index in [9.17, 15) is 34.4 Å². The minimum atomic E-state index is -2.01. The number of nitrogens with zero attached hydrogens (tertiary/aromatic N) is 3. The van der Waals surface area contributed by atoms with Gasteiger partial charge in [0.05, 0.1) is 35.0 Å². The van der Waals surface area contributed by atoms with Gasteiger partial charge in [0.15, 0.2) is 21.2 Å². The van der Waals surface area contributed by atoms with Crippen molar-refractivity contribution in [2.45, 2.75) is 28.5 Å². The van der Waals surface area contributed by atoms with Crippen LogP contribution in [0.1, 0.15) is 24.3 Å². The number of methoxy groups -OCH3 is 1. The molecule has 42 heavy (non-hydrogen) atoms. The minimum absolute atomic E-state index is 0.0625. The number of halogens is 3. The Morgan fingerprint density at radius 1 is 1.10 bits per heavy atom. The molecule has 2 aromatic carbocycles. The molecule has 2 aliphatic carbocycles. The average Bonchev–Trinajstić information content (AvgIpc) is 3.30. The van der Waals surface area contributed by atoms with Gasteiger partial charge in [-0.1, -0.05) is 39.7 Å². The van der Waals surface area contributed by atoms with Crippen LogP contribution in [0.4, 0.5) is 11.4 Å². The van der Waals surface area contributed by atoms with Gasteiger partial charge in [-0.25, -0.2) is 4.90 Å². The number of carbonyl (C=O) groups excluding carboxylic acids is 4. The number of likely N-dealkylation sites (tertiary alicyclic amines) is 1. The fourth-order valence-electron chi connectivity index (χ4n) is 7.01. The van der Waals surface area contributed by atoms with E-state index in [1.807, 2.05) is 0 Å². The molecule has 1 saturated carbocycles. The Morgan fingerprint density at radius 2 is 1.83 bits per heavy atom. The summed E-state index contributed by atoms with van der Waals surface area (Å²) in [6, 6.07) is 9.72. The van der Waals surface area contributed by atoms with E-state index in [1.54, 1.807) is 12.1 Å². The summed E-state index contributed by atoms with van der Waals surface area (Å²) in [5.74, 6) is -6.27. The maximum atomic E-state index is 14.0. The quantitative estimate of drug-likeness (QED) is 0.123. The molecule has 6 unspecified atom stereocenters. The average molecular weight is 679 g/mol. The van der Waals surface area contributed by atoms with Crippen molar-refractivity contribution in [3.8, 4) is 11.5 Å². The first-order chi connectivity index (χ1) is 19.9. The number of carbonyl (C=O) groups is 4. The van der Waals surface area contributed by atoms with E-state index in [0.717, 1.165) is 15.9 Å². The number of aromatic hydroxyl groups is 1. The summed E-state index contributed by atoms with van der Waals surface area (Å²) in [6.07, 6.45) is 1.67. The number of hydrogen-bond donors (Lipinski definition) is 1. The molecule has 218 valence electrons. The van der Waals surface area contributed by atoms with E-state index in [0.29, 0.717) is 11.1 Å². The zero-order valence-corrected chi connectivity index (χ0v) is 24.9. The number of rotatable bonds is 5. The van der Waals surface area contributed by atoms with Gasteiger partial charge >= 0.3 is 0 Å². The molecule has 2 aromatic rings. The highest BCUT2D eigenvalue weighted by atomic mass is 79.9. The topological polar surface area (TPSA) is 147 Å². The third-order valence-corrected chi connectivity index (χ3v) is 10.8. The predicted molar refractivity (Wildman–Crippen MR) is 154 cm³/mol. The number of phenols is 1. The molecule has 2 saturated heterocycles. The van der Waals surface area contributed by atoms with Crippen molar-refractivity contribution in [2.75, 3.05) is 17.5 Å². The number of non-ortho nitro benzene ring substituents is 1. The third-order valence-electron chi connectivity index (χ3n) is 8.85. The Balaban J connectivity index is 1.51. The van der Waals surface area contributed by atoms with Crippen molar-refractivity contribution in [1.82, 2.24) is 4.90 Å². The van der Waals surface area contributed by atoms with Crippen LogP contribution in [0.5, 0.6) is 11.5 Å². The number of ether oxygens (including phenoxy) is 1. The summed E-state index contributed by atoms with van der Waals surface area (Å²) in [4.78, 5) is 63.8. The first kappa shape index (κ1) is 28.6. The number of phenolic OH excluding ortho intramolecular Hbond substituents is 1. The molecule has 0 radical (unpaired) electrons. The highest BCUT2D eigenvalue weighted by Gasteiger charge is 2.76. The fraction of sp³-hybridized carbons (Fsp3) is 0.357. The van der Waals surface area contributed by atoms with Crippen molar-refractivity contribution < 1.29 is 33.9 Å². The van der Waals surface area contributed by atoms with Gasteiger partial charge in [-0.15, -0.1) is 23.2 Å². The number of anilines is 1. The van der Waals surface area contributed by atoms with Gasteiger partial charge in [0.25, 0.3) is 17.5 Å². The second kappa shape index (κ2) is 9.78. The monoisotopic (exact) mass is 677 g/mol. The van der Waals surface area contributed by atoms with Gasteiger partial charge in [0, 0.05) is 18.1 Å². The van der Waals surface area contributed by atoms with E-state index in [1.165, 1.54) is 37.4 Å². The lowest BCUT2D eigenvalue weighted by Crippen LogP contribution is -2.60. The molecule has 1 N–H and O–H groups in total. The normalized spacial score (nSPS) is 32.0. The number of nitro benzene ring substituents is 1. The Morgan fingerprint density at radius 3 is 2.48 bits per heavy atom. The van der Waals surface area contributed by atoms with Crippen LogP contribution in [0.15, 0.2) is 54.1 Å². The van der Waals surface area contributed by atoms with E-state index < -0.39 is 62.0 Å². The van der Waals surface area contributed by atoms with Crippen LogP contribution in [0.2, 0.25) is 0 Å². The molecular weight excluding hydrogens is 657 g/mol. The molecule has 2 heterocycles. The summed E-state index contributed by atoms with van der Waals surface area (Å²) in [6.45, 7) is 0. The van der Waals surface area contributed by atoms with Crippen LogP contribution < -0.4 is 9.64 Å². The van der Waals surface area contributed by atoms with E-state index in [-0.39, 0.29) is 41.2 Å². The summed E-state index contributed by atoms with van der Waals surface area (Å²) in [5, 5.41) is 22.0. The summed E-state index contributed by atoms with van der Waals surface area (Å²) >= 11 is 17.5. The molecule has 0 aromatic heterocycles. The molecule has 2 aliphatic heterocycles. The van der Waals surface area contributed by atoms with Crippen molar-refractivity contribution >= 4 is 74.1 Å². The van der Waals surface area contributed by atoms with Crippen LogP contribution in [-0.2, 0) is 19.2 Å². The minimum Gasteiger partial charge on any atom is -0.504 e. The van der Waals surface area contributed by atoms with Crippen LogP contribution in [0.25, 0.3) is 0 Å². The summed E-state index contributed by atoms with van der Waals surface area (Å²) < 4.78 is 5.17. The molecule has 3 fully saturated rings. The largest absolute Gasteiger partial charge is 0.504 e. The lowest BCUT2D eigenvalue weighted by Gasteiger charge is -2.50. The predicted octanol–water partition coefficient (Wildman–Crippen LogP) is 4.22. The molecule has 0 bridgehead atoms. The lowest BCUT2D eigenvalue weighted by molar-refractivity contribution is -0.384. The number of alkyl halides is 3. The number of allylic oxidation sites excluding steroid dienone is 2. The number of hydrogen-bond acceptors (Lipinski definition) is 8. The van der Waals surface area contributed by atoms with E-state index in [4.69, 9.17) is 27.9 Å². The van der Waals surface area contributed by atoms with E-state index in [2.05, 4.69) is 15.9 Å². The second-order valence-corrected chi connectivity index (χ2v) is 12.4. The standard InChI is InChI=1S/C28H22BrCl2N3O8/c1-42-20-8-5-13(9-19(20)35)22-16-6-7-17-21(18(16)11-27(30)25(38)32(12-29)26(39)28(22,27)31)24(37)33(23(17)36)14-3-2-4-15(10-14)34(40)41/h2-6,8-10,17-18,21-22,35H,7,11-12H2,1H3. The van der Waals surface area contributed by atoms with Gasteiger partial charge in [0.2, 0.25) is 11.8 Å². The number of amides is 4. The maximum Gasteiger partial charge on any atom is 0.271 e. The molecule has 4 aliphatic rings. The molecule has 0 spiro atoms. The number of imide groups is 2. The molecule has 4 amide bonds. The Kier molecular flexibility index (Phi) is 6.67. The first-order valence-electron chi connectivity index (χ1n) is 12.9. The van der Waals surface area contributed by atoms with Crippen molar-refractivity contribution in [3.63, 3.8) is 0 Å². The van der Waals surface area contributed by atoms with Crippen LogP contribution in [-0.4, -0.2) is 60.9 Å². The third kappa shape index (κ3) is 3.64. The van der Waals surface area contributed by atoms with Crippen LogP contribution in [0, 0.1) is 27.9 Å². The maximum absolute atomic E-state index is 14.0.